The lowest BCUT2D eigenvalue weighted by atomic mass is 9.76. The van der Waals surface area contributed by atoms with Gasteiger partial charge in [-0.25, -0.2) is 0 Å². The Morgan fingerprint density at radius 1 is 1.09 bits per heavy atom. The number of fused-ring (bicyclic) bond motifs is 5. The summed E-state index contributed by atoms with van der Waals surface area (Å²) >= 11 is 0. The molecule has 4 nitrogen and oxygen atoms in total. The van der Waals surface area contributed by atoms with Gasteiger partial charge in [0.2, 0.25) is 5.91 Å². The van der Waals surface area contributed by atoms with E-state index in [0.29, 0.717) is 13.2 Å². The van der Waals surface area contributed by atoms with Gasteiger partial charge in [-0.2, -0.15) is 0 Å². The molecule has 5 rings (SSSR count). The van der Waals surface area contributed by atoms with Crippen molar-refractivity contribution in [2.24, 2.45) is 0 Å². The van der Waals surface area contributed by atoms with E-state index in [1.54, 1.807) is 4.90 Å². The van der Waals surface area contributed by atoms with Crippen molar-refractivity contribution in [3.8, 4) is 11.5 Å². The van der Waals surface area contributed by atoms with E-state index in [-0.39, 0.29) is 5.91 Å². The Morgan fingerprint density at radius 2 is 1.95 bits per heavy atom. The van der Waals surface area contributed by atoms with Gasteiger partial charge in [0.05, 0.1) is 6.61 Å². The zero-order chi connectivity index (χ0) is 14.9. The van der Waals surface area contributed by atoms with Gasteiger partial charge in [0.1, 0.15) is 23.5 Å². The van der Waals surface area contributed by atoms with Crippen LogP contribution in [0.2, 0.25) is 0 Å². The number of nitrogens with zero attached hydrogens (tertiary/aromatic N) is 1. The first kappa shape index (κ1) is 12.1. The van der Waals surface area contributed by atoms with Crippen molar-refractivity contribution >= 4 is 11.6 Å². The predicted molar refractivity (Wildman–Crippen MR) is 81.8 cm³/mol. The van der Waals surface area contributed by atoms with Crippen LogP contribution in [0.1, 0.15) is 16.7 Å². The molecule has 1 amide bonds. The predicted octanol–water partition coefficient (Wildman–Crippen LogP) is 2.28. The third-order valence-electron chi connectivity index (χ3n) is 5.09. The summed E-state index contributed by atoms with van der Waals surface area (Å²) in [5.74, 6) is 1.76. The Labute approximate surface area is 128 Å². The third-order valence-corrected chi connectivity index (χ3v) is 5.09. The normalized spacial score (nSPS) is 24.0. The number of hydrogen-bond acceptors (Lipinski definition) is 3. The molecule has 2 aromatic carbocycles. The van der Waals surface area contributed by atoms with Gasteiger partial charge in [0.25, 0.3) is 0 Å². The van der Waals surface area contributed by atoms with Crippen LogP contribution in [-0.2, 0) is 16.6 Å². The summed E-state index contributed by atoms with van der Waals surface area (Å²) in [7, 11) is 1.84. The Bertz CT molecular complexity index is 829. The van der Waals surface area contributed by atoms with Crippen LogP contribution < -0.4 is 14.4 Å². The average molecular weight is 293 g/mol. The molecule has 3 aliphatic heterocycles. The molecular formula is C18H15NO3. The van der Waals surface area contributed by atoms with Crippen LogP contribution in [-0.4, -0.2) is 26.2 Å². The third kappa shape index (κ3) is 1.22. The molecule has 0 saturated heterocycles. The molecule has 1 unspecified atom stereocenters. The SMILES string of the molecule is CN1C(=O)C2(COc3cc4c(cc32)CCO4)c2ccccc21. The largest absolute Gasteiger partial charge is 0.493 e. The summed E-state index contributed by atoms with van der Waals surface area (Å²) < 4.78 is 11.5. The molecule has 1 spiro atoms. The van der Waals surface area contributed by atoms with Gasteiger partial charge < -0.3 is 14.4 Å². The van der Waals surface area contributed by atoms with E-state index >= 15 is 0 Å². The molecule has 0 aliphatic carbocycles. The van der Waals surface area contributed by atoms with E-state index < -0.39 is 5.41 Å². The molecule has 0 N–H and O–H groups in total. The maximum absolute atomic E-state index is 13.1. The molecule has 0 radical (unpaired) electrons. The topological polar surface area (TPSA) is 38.8 Å². The molecule has 0 fully saturated rings. The monoisotopic (exact) mass is 293 g/mol. The van der Waals surface area contributed by atoms with Gasteiger partial charge in [-0.3, -0.25) is 4.79 Å². The average Bonchev–Trinajstić information content (AvgIpc) is 3.20. The highest BCUT2D eigenvalue weighted by Gasteiger charge is 2.56. The second-order valence-electron chi connectivity index (χ2n) is 6.13. The fraction of sp³-hybridized carbons (Fsp3) is 0.278. The van der Waals surface area contributed by atoms with Crippen LogP contribution in [0.15, 0.2) is 36.4 Å². The van der Waals surface area contributed by atoms with Crippen molar-refractivity contribution in [1.82, 2.24) is 0 Å². The molecule has 0 saturated carbocycles. The fourth-order valence-corrected chi connectivity index (χ4v) is 3.96. The first-order valence-corrected chi connectivity index (χ1v) is 7.52. The first-order valence-electron chi connectivity index (χ1n) is 7.52. The minimum absolute atomic E-state index is 0.0892. The lowest BCUT2D eigenvalue weighted by Gasteiger charge is -2.21. The lowest BCUT2D eigenvalue weighted by Crippen LogP contribution is -2.41. The maximum Gasteiger partial charge on any atom is 0.245 e. The minimum atomic E-state index is -0.696. The minimum Gasteiger partial charge on any atom is -0.493 e. The summed E-state index contributed by atoms with van der Waals surface area (Å²) in [6.45, 7) is 1.07. The number of hydrogen-bond donors (Lipinski definition) is 0. The van der Waals surface area contributed by atoms with Crippen LogP contribution in [0.3, 0.4) is 0 Å². The number of ether oxygens (including phenoxy) is 2. The number of para-hydroxylation sites is 1. The standard InChI is InChI=1S/C18H15NO3/c1-19-14-5-3-2-4-12(14)18(17(19)20)10-22-16-9-15-11(6-7-21-15)8-13(16)18/h2-5,8-9H,6-7,10H2,1H3. The molecular weight excluding hydrogens is 278 g/mol. The molecule has 22 heavy (non-hydrogen) atoms. The van der Waals surface area contributed by atoms with Gasteiger partial charge in [-0.05, 0) is 23.3 Å². The number of likely N-dealkylation sites (N-methyl/N-ethyl adjacent to an activating group) is 1. The number of carbonyl (C=O) groups is 1. The molecule has 0 aromatic heterocycles. The fourth-order valence-electron chi connectivity index (χ4n) is 3.96. The summed E-state index contributed by atoms with van der Waals surface area (Å²) in [5.41, 5.74) is 3.47. The van der Waals surface area contributed by atoms with Crippen molar-refractivity contribution in [2.75, 3.05) is 25.2 Å². The molecule has 2 aromatic rings. The molecule has 3 aliphatic rings. The van der Waals surface area contributed by atoms with Crippen LogP contribution in [0.25, 0.3) is 0 Å². The van der Waals surface area contributed by atoms with E-state index in [1.165, 1.54) is 5.56 Å². The van der Waals surface area contributed by atoms with Crippen molar-refractivity contribution < 1.29 is 14.3 Å². The van der Waals surface area contributed by atoms with Gasteiger partial charge in [0, 0.05) is 30.8 Å². The van der Waals surface area contributed by atoms with Crippen LogP contribution in [0.5, 0.6) is 11.5 Å². The van der Waals surface area contributed by atoms with Gasteiger partial charge in [0.15, 0.2) is 0 Å². The Morgan fingerprint density at radius 3 is 2.86 bits per heavy atom. The number of anilines is 1. The van der Waals surface area contributed by atoms with E-state index in [1.807, 2.05) is 37.4 Å². The van der Waals surface area contributed by atoms with E-state index in [2.05, 4.69) is 6.07 Å². The molecule has 4 heteroatoms. The Kier molecular flexibility index (Phi) is 2.10. The van der Waals surface area contributed by atoms with Crippen LogP contribution in [0, 0.1) is 0 Å². The van der Waals surface area contributed by atoms with Crippen molar-refractivity contribution in [3.63, 3.8) is 0 Å². The second kappa shape index (κ2) is 3.83. The highest BCUT2D eigenvalue weighted by Crippen LogP contribution is 2.53. The summed E-state index contributed by atoms with van der Waals surface area (Å²) in [5, 5.41) is 0. The molecule has 1 atom stereocenters. The first-order chi connectivity index (χ1) is 10.7. The number of benzene rings is 2. The number of amides is 1. The number of rotatable bonds is 0. The summed E-state index contributed by atoms with van der Waals surface area (Å²) in [6, 6.07) is 12.0. The van der Waals surface area contributed by atoms with Crippen LogP contribution >= 0.6 is 0 Å². The summed E-state index contributed by atoms with van der Waals surface area (Å²) in [4.78, 5) is 14.8. The maximum atomic E-state index is 13.1. The van der Waals surface area contributed by atoms with Gasteiger partial charge >= 0.3 is 0 Å². The van der Waals surface area contributed by atoms with Crippen molar-refractivity contribution in [3.05, 3.63) is 53.1 Å². The molecule has 0 bridgehead atoms. The smallest absolute Gasteiger partial charge is 0.245 e. The second-order valence-corrected chi connectivity index (χ2v) is 6.13. The highest BCUT2D eigenvalue weighted by atomic mass is 16.5. The van der Waals surface area contributed by atoms with Gasteiger partial charge in [-0.15, -0.1) is 0 Å². The lowest BCUT2D eigenvalue weighted by molar-refractivity contribution is -0.121. The zero-order valence-electron chi connectivity index (χ0n) is 12.3. The Hall–Kier alpha value is -2.49. The van der Waals surface area contributed by atoms with Crippen molar-refractivity contribution in [1.29, 1.82) is 0 Å². The van der Waals surface area contributed by atoms with Crippen LogP contribution in [0.4, 0.5) is 5.69 Å². The van der Waals surface area contributed by atoms with E-state index in [4.69, 9.17) is 9.47 Å². The van der Waals surface area contributed by atoms with Gasteiger partial charge in [-0.1, -0.05) is 18.2 Å². The van der Waals surface area contributed by atoms with E-state index in [9.17, 15) is 4.79 Å². The Balaban J connectivity index is 1.80. The molecule has 3 heterocycles. The molecule has 110 valence electrons. The van der Waals surface area contributed by atoms with E-state index in [0.717, 1.165) is 34.7 Å². The zero-order valence-corrected chi connectivity index (χ0v) is 12.3. The quantitative estimate of drug-likeness (QED) is 0.748. The summed E-state index contributed by atoms with van der Waals surface area (Å²) in [6.07, 6.45) is 0.893. The number of carbonyl (C=O) groups excluding carboxylic acids is 1. The highest BCUT2D eigenvalue weighted by molar-refractivity contribution is 6.11. The van der Waals surface area contributed by atoms with Crippen molar-refractivity contribution in [2.45, 2.75) is 11.8 Å².